The van der Waals surface area contributed by atoms with Gasteiger partial charge in [-0.1, -0.05) is 30.3 Å². The Morgan fingerprint density at radius 3 is 2.62 bits per heavy atom. The molecule has 1 atom stereocenters. The van der Waals surface area contributed by atoms with Gasteiger partial charge in [0.05, 0.1) is 5.69 Å². The fraction of sp³-hybridized carbons (Fsp3) is 0.368. The van der Waals surface area contributed by atoms with E-state index in [0.717, 1.165) is 24.1 Å². The van der Waals surface area contributed by atoms with Crippen molar-refractivity contribution in [2.45, 2.75) is 31.4 Å². The summed E-state index contributed by atoms with van der Waals surface area (Å²) in [6, 6.07) is 13.9. The predicted octanol–water partition coefficient (Wildman–Crippen LogP) is 2.09. The van der Waals surface area contributed by atoms with E-state index < -0.39 is 6.10 Å². The Hall–Kier alpha value is -2.40. The molecule has 1 aliphatic rings. The lowest BCUT2D eigenvalue weighted by atomic mass is 10.0. The molecule has 1 saturated heterocycles. The van der Waals surface area contributed by atoms with Gasteiger partial charge in [0, 0.05) is 37.9 Å². The van der Waals surface area contributed by atoms with E-state index in [1.807, 2.05) is 42.5 Å². The number of rotatable bonds is 5. The molecule has 126 valence electrons. The molecule has 2 heterocycles. The van der Waals surface area contributed by atoms with Crippen molar-refractivity contribution >= 4 is 11.6 Å². The van der Waals surface area contributed by atoms with Crippen LogP contribution in [-0.4, -0.2) is 46.1 Å². The minimum Gasteiger partial charge on any atom is -0.383 e. The third-order valence-corrected chi connectivity index (χ3v) is 4.40. The van der Waals surface area contributed by atoms with E-state index in [9.17, 15) is 9.90 Å². The van der Waals surface area contributed by atoms with E-state index >= 15 is 0 Å². The molecule has 1 aliphatic heterocycles. The Bertz CT molecular complexity index is 640. The number of nitrogens with zero attached hydrogens (tertiary/aromatic N) is 2. The first kappa shape index (κ1) is 16.5. The Labute approximate surface area is 142 Å². The van der Waals surface area contributed by atoms with E-state index in [0.29, 0.717) is 25.6 Å². The van der Waals surface area contributed by atoms with Crippen molar-refractivity contribution in [2.24, 2.45) is 0 Å². The molecule has 1 aromatic heterocycles. The van der Waals surface area contributed by atoms with Gasteiger partial charge >= 0.3 is 0 Å². The van der Waals surface area contributed by atoms with Crippen LogP contribution in [0.15, 0.2) is 54.9 Å². The number of piperidine rings is 1. The molecule has 2 N–H and O–H groups in total. The molecule has 1 aromatic carbocycles. The van der Waals surface area contributed by atoms with Crippen molar-refractivity contribution in [3.05, 3.63) is 60.4 Å². The Kier molecular flexibility index (Phi) is 5.43. The van der Waals surface area contributed by atoms with Crippen molar-refractivity contribution in [1.82, 2.24) is 9.88 Å². The monoisotopic (exact) mass is 325 g/mol. The molecular weight excluding hydrogens is 302 g/mol. The van der Waals surface area contributed by atoms with E-state index in [4.69, 9.17) is 0 Å². The van der Waals surface area contributed by atoms with Gasteiger partial charge in [0.25, 0.3) is 5.91 Å². The first-order chi connectivity index (χ1) is 11.7. The quantitative estimate of drug-likeness (QED) is 0.883. The van der Waals surface area contributed by atoms with Gasteiger partial charge in [0.2, 0.25) is 0 Å². The van der Waals surface area contributed by atoms with Crippen molar-refractivity contribution in [1.29, 1.82) is 0 Å². The van der Waals surface area contributed by atoms with Crippen molar-refractivity contribution < 1.29 is 9.90 Å². The van der Waals surface area contributed by atoms with E-state index in [-0.39, 0.29) is 5.91 Å². The lowest BCUT2D eigenvalue weighted by Crippen LogP contribution is -2.46. The number of carbonyl (C=O) groups is 1. The molecule has 3 rings (SSSR count). The molecule has 0 unspecified atom stereocenters. The number of aromatic nitrogens is 1. The van der Waals surface area contributed by atoms with Crippen LogP contribution in [0.1, 0.15) is 18.4 Å². The van der Waals surface area contributed by atoms with Crippen LogP contribution < -0.4 is 5.32 Å². The molecule has 0 aliphatic carbocycles. The molecule has 5 nitrogen and oxygen atoms in total. The molecule has 0 bridgehead atoms. The third kappa shape index (κ3) is 4.32. The number of hydrogen-bond acceptors (Lipinski definition) is 4. The van der Waals surface area contributed by atoms with Gasteiger partial charge in [-0.15, -0.1) is 0 Å². The van der Waals surface area contributed by atoms with Gasteiger partial charge in [-0.3, -0.25) is 9.78 Å². The highest BCUT2D eigenvalue weighted by Crippen LogP contribution is 2.17. The highest BCUT2D eigenvalue weighted by molar-refractivity contribution is 5.81. The number of aliphatic hydroxyl groups is 1. The minimum absolute atomic E-state index is 0.168. The van der Waals surface area contributed by atoms with Crippen molar-refractivity contribution in [3.63, 3.8) is 0 Å². The summed E-state index contributed by atoms with van der Waals surface area (Å²) in [5.74, 6) is -0.168. The topological polar surface area (TPSA) is 65.5 Å². The minimum atomic E-state index is -0.963. The Morgan fingerprint density at radius 1 is 1.21 bits per heavy atom. The fourth-order valence-electron chi connectivity index (χ4n) is 3.06. The maximum atomic E-state index is 12.4. The number of nitrogens with one attached hydrogen (secondary N) is 1. The zero-order valence-electron chi connectivity index (χ0n) is 13.6. The smallest absolute Gasteiger partial charge is 0.251 e. The standard InChI is InChI=1S/C19H23N3O2/c23-18(13-15-5-2-1-3-6-15)19(24)22-11-8-16(9-12-22)21-17-7-4-10-20-14-17/h1-7,10,14,16,18,21,23H,8-9,11-13H2/t18-/m0/s1. The van der Waals surface area contributed by atoms with E-state index in [1.165, 1.54) is 0 Å². The Morgan fingerprint density at radius 2 is 1.96 bits per heavy atom. The Balaban J connectivity index is 1.48. The average molecular weight is 325 g/mol. The number of aliphatic hydroxyl groups excluding tert-OH is 1. The number of amides is 1. The van der Waals surface area contributed by atoms with Crippen LogP contribution in [-0.2, 0) is 11.2 Å². The van der Waals surface area contributed by atoms with Crippen LogP contribution in [0.25, 0.3) is 0 Å². The first-order valence-electron chi connectivity index (χ1n) is 8.40. The number of hydrogen-bond donors (Lipinski definition) is 2. The van der Waals surface area contributed by atoms with Crippen LogP contribution in [0.3, 0.4) is 0 Å². The number of anilines is 1. The molecule has 0 spiro atoms. The van der Waals surface area contributed by atoms with Crippen LogP contribution >= 0.6 is 0 Å². The van der Waals surface area contributed by atoms with Gasteiger partial charge in [-0.05, 0) is 30.5 Å². The van der Waals surface area contributed by atoms with Crippen LogP contribution in [0, 0.1) is 0 Å². The molecule has 0 radical (unpaired) electrons. The second-order valence-electron chi connectivity index (χ2n) is 6.19. The van der Waals surface area contributed by atoms with E-state index in [1.54, 1.807) is 17.3 Å². The average Bonchev–Trinajstić information content (AvgIpc) is 2.63. The lowest BCUT2D eigenvalue weighted by molar-refractivity contribution is -0.141. The number of benzene rings is 1. The van der Waals surface area contributed by atoms with Crippen molar-refractivity contribution in [2.75, 3.05) is 18.4 Å². The summed E-state index contributed by atoms with van der Waals surface area (Å²) >= 11 is 0. The summed E-state index contributed by atoms with van der Waals surface area (Å²) in [4.78, 5) is 18.3. The van der Waals surface area contributed by atoms with Crippen LogP contribution in [0.2, 0.25) is 0 Å². The van der Waals surface area contributed by atoms with Crippen molar-refractivity contribution in [3.8, 4) is 0 Å². The molecule has 1 fully saturated rings. The third-order valence-electron chi connectivity index (χ3n) is 4.40. The molecule has 24 heavy (non-hydrogen) atoms. The zero-order chi connectivity index (χ0) is 16.8. The summed E-state index contributed by atoms with van der Waals surface area (Å²) < 4.78 is 0. The summed E-state index contributed by atoms with van der Waals surface area (Å²) in [6.45, 7) is 1.34. The van der Waals surface area contributed by atoms with Gasteiger partial charge in [0.1, 0.15) is 6.10 Å². The summed E-state index contributed by atoms with van der Waals surface area (Å²) in [5, 5.41) is 13.7. The van der Waals surface area contributed by atoms with E-state index in [2.05, 4.69) is 10.3 Å². The SMILES string of the molecule is O=C([C@@H](O)Cc1ccccc1)N1CCC(Nc2cccnc2)CC1. The van der Waals surface area contributed by atoms with Gasteiger partial charge in [-0.25, -0.2) is 0 Å². The molecule has 2 aromatic rings. The molecule has 5 heteroatoms. The fourth-order valence-corrected chi connectivity index (χ4v) is 3.06. The maximum Gasteiger partial charge on any atom is 0.251 e. The molecular formula is C19H23N3O2. The maximum absolute atomic E-state index is 12.4. The number of pyridine rings is 1. The van der Waals surface area contributed by atoms with Gasteiger partial charge < -0.3 is 15.3 Å². The zero-order valence-corrected chi connectivity index (χ0v) is 13.6. The van der Waals surface area contributed by atoms with Crippen LogP contribution in [0.5, 0.6) is 0 Å². The normalized spacial score (nSPS) is 16.6. The second-order valence-corrected chi connectivity index (χ2v) is 6.19. The van der Waals surface area contributed by atoms with Gasteiger partial charge in [0.15, 0.2) is 0 Å². The van der Waals surface area contributed by atoms with Crippen LogP contribution in [0.4, 0.5) is 5.69 Å². The first-order valence-corrected chi connectivity index (χ1v) is 8.40. The highest BCUT2D eigenvalue weighted by Gasteiger charge is 2.27. The summed E-state index contributed by atoms with van der Waals surface area (Å²) in [5.41, 5.74) is 1.98. The second kappa shape index (κ2) is 7.93. The molecule has 0 saturated carbocycles. The number of likely N-dealkylation sites (tertiary alicyclic amines) is 1. The highest BCUT2D eigenvalue weighted by atomic mass is 16.3. The lowest BCUT2D eigenvalue weighted by Gasteiger charge is -2.34. The summed E-state index contributed by atoms with van der Waals surface area (Å²) in [7, 11) is 0. The molecule has 1 amide bonds. The number of carbonyl (C=O) groups excluding carboxylic acids is 1. The van der Waals surface area contributed by atoms with Gasteiger partial charge in [-0.2, -0.15) is 0 Å². The summed E-state index contributed by atoms with van der Waals surface area (Å²) in [6.07, 6.45) is 4.71. The predicted molar refractivity (Wildman–Crippen MR) is 93.6 cm³/mol. The largest absolute Gasteiger partial charge is 0.383 e.